The first-order valence-corrected chi connectivity index (χ1v) is 12.1. The molecule has 1 atom stereocenters. The second-order valence-corrected chi connectivity index (χ2v) is 9.51. The fourth-order valence-corrected chi connectivity index (χ4v) is 5.37. The van der Waals surface area contributed by atoms with E-state index in [1.54, 1.807) is 30.5 Å². The molecule has 180 valence electrons. The van der Waals surface area contributed by atoms with E-state index in [0.717, 1.165) is 34.1 Å². The van der Waals surface area contributed by atoms with E-state index in [4.69, 9.17) is 28.2 Å². The number of nitrogens with zero attached hydrogens (tertiary/aromatic N) is 6. The molecule has 0 aliphatic carbocycles. The van der Waals surface area contributed by atoms with Gasteiger partial charge in [-0.05, 0) is 36.8 Å². The molecule has 6 rings (SSSR count). The van der Waals surface area contributed by atoms with Crippen molar-refractivity contribution >= 4 is 51.9 Å². The zero-order valence-electron chi connectivity index (χ0n) is 19.0. The van der Waals surface area contributed by atoms with E-state index in [-0.39, 0.29) is 6.04 Å². The minimum Gasteiger partial charge on any atom is -0.465 e. The number of fused-ring (bicyclic) bond motifs is 3. The Labute approximate surface area is 216 Å². The quantitative estimate of drug-likeness (QED) is 0.302. The molecule has 1 saturated heterocycles. The summed E-state index contributed by atoms with van der Waals surface area (Å²) < 4.78 is 3.80. The summed E-state index contributed by atoms with van der Waals surface area (Å²) in [4.78, 5) is 22.3. The number of rotatable bonds is 4. The lowest BCUT2D eigenvalue weighted by atomic mass is 10.1. The molecule has 4 aromatic heterocycles. The monoisotopic (exact) mass is 518 g/mol. The Balaban J connectivity index is 1.45. The first-order valence-electron chi connectivity index (χ1n) is 11.3. The van der Waals surface area contributed by atoms with Gasteiger partial charge in [0.1, 0.15) is 5.65 Å². The molecule has 1 aliphatic rings. The molecule has 1 aromatic carbocycles. The number of amides is 1. The maximum atomic E-state index is 11.3. The number of carbonyl (C=O) groups is 1. The van der Waals surface area contributed by atoms with Gasteiger partial charge in [-0.15, -0.1) is 0 Å². The zero-order chi connectivity index (χ0) is 25.0. The van der Waals surface area contributed by atoms with E-state index in [0.29, 0.717) is 40.0 Å². The van der Waals surface area contributed by atoms with Crippen LogP contribution in [0.3, 0.4) is 0 Å². The van der Waals surface area contributed by atoms with Crippen LogP contribution in [0.1, 0.15) is 18.2 Å². The van der Waals surface area contributed by atoms with Crippen LogP contribution < -0.4 is 0 Å². The summed E-state index contributed by atoms with van der Waals surface area (Å²) in [6.45, 7) is 4.92. The van der Waals surface area contributed by atoms with E-state index >= 15 is 0 Å². The highest BCUT2D eigenvalue weighted by atomic mass is 35.5. The molecule has 1 fully saturated rings. The van der Waals surface area contributed by atoms with Crippen molar-refractivity contribution in [3.63, 3.8) is 0 Å². The number of halogens is 2. The maximum absolute atomic E-state index is 11.3. The molecule has 1 amide bonds. The van der Waals surface area contributed by atoms with Gasteiger partial charge in [-0.1, -0.05) is 35.8 Å². The highest BCUT2D eigenvalue weighted by Gasteiger charge is 2.27. The molecule has 36 heavy (non-hydrogen) atoms. The predicted octanol–water partition coefficient (Wildman–Crippen LogP) is 6.29. The third kappa shape index (κ3) is 3.61. The Morgan fingerprint density at radius 3 is 2.69 bits per heavy atom. The number of benzene rings is 1. The van der Waals surface area contributed by atoms with Crippen LogP contribution in [0, 0.1) is 0 Å². The zero-order valence-corrected chi connectivity index (χ0v) is 20.5. The van der Waals surface area contributed by atoms with Gasteiger partial charge in [0.15, 0.2) is 0 Å². The highest BCUT2D eigenvalue weighted by Crippen LogP contribution is 2.38. The molecule has 0 radical (unpaired) electrons. The Morgan fingerprint density at radius 1 is 1.17 bits per heavy atom. The molecule has 5 heterocycles. The lowest BCUT2D eigenvalue weighted by Crippen LogP contribution is -2.27. The lowest BCUT2D eigenvalue weighted by Gasteiger charge is -2.12. The van der Waals surface area contributed by atoms with Crippen LogP contribution in [0.5, 0.6) is 0 Å². The van der Waals surface area contributed by atoms with E-state index in [9.17, 15) is 9.90 Å². The number of pyridine rings is 2. The van der Waals surface area contributed by atoms with Crippen molar-refractivity contribution in [1.29, 1.82) is 0 Å². The van der Waals surface area contributed by atoms with Crippen molar-refractivity contribution in [2.45, 2.75) is 12.5 Å². The van der Waals surface area contributed by atoms with Crippen molar-refractivity contribution < 1.29 is 9.90 Å². The van der Waals surface area contributed by atoms with Gasteiger partial charge in [-0.2, -0.15) is 5.10 Å². The summed E-state index contributed by atoms with van der Waals surface area (Å²) in [7, 11) is 0. The van der Waals surface area contributed by atoms with Gasteiger partial charge in [0.2, 0.25) is 0 Å². The SMILES string of the molecule is C=Cc1c(-c2c(Cl)cccc2Cl)nc2c3cc(-c4cnn(C5CCN(C(=O)O)C5)c4)cnc3ccn12. The third-order valence-corrected chi connectivity index (χ3v) is 7.25. The largest absolute Gasteiger partial charge is 0.465 e. The molecule has 0 saturated carbocycles. The van der Waals surface area contributed by atoms with Gasteiger partial charge >= 0.3 is 6.09 Å². The Bertz CT molecular complexity index is 1650. The Morgan fingerprint density at radius 2 is 1.97 bits per heavy atom. The van der Waals surface area contributed by atoms with Crippen LogP contribution in [0.4, 0.5) is 4.79 Å². The summed E-state index contributed by atoms with van der Waals surface area (Å²) in [5.41, 5.74) is 5.37. The van der Waals surface area contributed by atoms with Gasteiger partial charge in [-0.25, -0.2) is 9.78 Å². The van der Waals surface area contributed by atoms with E-state index in [2.05, 4.69) is 16.7 Å². The molecule has 1 unspecified atom stereocenters. The summed E-state index contributed by atoms with van der Waals surface area (Å²) >= 11 is 13.0. The van der Waals surface area contributed by atoms with E-state index in [1.165, 1.54) is 4.90 Å². The number of likely N-dealkylation sites (tertiary alicyclic amines) is 1. The average Bonchev–Trinajstić information content (AvgIpc) is 3.61. The van der Waals surface area contributed by atoms with Crippen LogP contribution in [-0.4, -0.2) is 53.3 Å². The smallest absolute Gasteiger partial charge is 0.407 e. The second-order valence-electron chi connectivity index (χ2n) is 8.69. The number of carboxylic acid groups (broad SMARTS) is 1. The number of imidazole rings is 1. The fourth-order valence-electron chi connectivity index (χ4n) is 4.80. The Kier molecular flexibility index (Phi) is 5.43. The molecule has 5 aromatic rings. The standard InChI is InChI=1S/C26H20Cl2N6O2/c1-2-22-24(23-19(27)4-3-5-20(23)28)31-25-18-10-15(11-29-21(18)7-9-33(22)25)16-12-30-34(13-16)17-6-8-32(14-17)26(35)36/h2-5,7,9-13,17H,1,6,8,14H2,(H,35,36). The van der Waals surface area contributed by atoms with Crippen LogP contribution >= 0.6 is 23.2 Å². The predicted molar refractivity (Wildman–Crippen MR) is 141 cm³/mol. The molecule has 8 nitrogen and oxygen atoms in total. The summed E-state index contributed by atoms with van der Waals surface area (Å²) in [6.07, 6.45) is 9.01. The van der Waals surface area contributed by atoms with Crippen LogP contribution in [-0.2, 0) is 0 Å². The van der Waals surface area contributed by atoms with Crippen molar-refractivity contribution in [1.82, 2.24) is 29.0 Å². The van der Waals surface area contributed by atoms with Crippen LogP contribution in [0.2, 0.25) is 10.0 Å². The second kappa shape index (κ2) is 8.65. The first-order chi connectivity index (χ1) is 17.4. The summed E-state index contributed by atoms with van der Waals surface area (Å²) in [5, 5.41) is 15.6. The summed E-state index contributed by atoms with van der Waals surface area (Å²) in [5.74, 6) is 0. The molecule has 10 heteroatoms. The van der Waals surface area contributed by atoms with E-state index in [1.807, 2.05) is 39.8 Å². The van der Waals surface area contributed by atoms with Gasteiger partial charge < -0.3 is 10.0 Å². The van der Waals surface area contributed by atoms with Crippen LogP contribution in [0.15, 0.2) is 61.7 Å². The number of hydrogen-bond acceptors (Lipinski definition) is 4. The Hall–Kier alpha value is -3.88. The highest BCUT2D eigenvalue weighted by molar-refractivity contribution is 6.39. The van der Waals surface area contributed by atoms with Crippen molar-refractivity contribution in [2.75, 3.05) is 13.1 Å². The lowest BCUT2D eigenvalue weighted by molar-refractivity contribution is 0.154. The average molecular weight is 519 g/mol. The molecule has 0 bridgehead atoms. The molecular formula is C26H20Cl2N6O2. The first kappa shape index (κ1) is 22.6. The molecule has 1 N–H and O–H groups in total. The van der Waals surface area contributed by atoms with Crippen molar-refractivity contribution in [3.8, 4) is 22.4 Å². The number of hydrogen-bond donors (Lipinski definition) is 1. The van der Waals surface area contributed by atoms with Crippen molar-refractivity contribution in [3.05, 3.63) is 77.4 Å². The summed E-state index contributed by atoms with van der Waals surface area (Å²) in [6, 6.07) is 9.36. The minimum atomic E-state index is -0.899. The van der Waals surface area contributed by atoms with Gasteiger partial charge in [0, 0.05) is 53.8 Å². The fraction of sp³-hybridized carbons (Fsp3) is 0.154. The van der Waals surface area contributed by atoms with Crippen LogP contribution in [0.25, 0.3) is 45.0 Å². The topological polar surface area (TPSA) is 88.5 Å². The van der Waals surface area contributed by atoms with Crippen molar-refractivity contribution in [2.24, 2.45) is 0 Å². The molecule has 0 spiro atoms. The van der Waals surface area contributed by atoms with Gasteiger partial charge in [0.25, 0.3) is 0 Å². The van der Waals surface area contributed by atoms with Gasteiger partial charge in [0.05, 0.1) is 39.2 Å². The van der Waals surface area contributed by atoms with E-state index < -0.39 is 6.09 Å². The molecule has 1 aliphatic heterocycles. The third-order valence-electron chi connectivity index (χ3n) is 6.62. The number of aromatic nitrogens is 5. The normalized spacial score (nSPS) is 15.7. The maximum Gasteiger partial charge on any atom is 0.407 e. The molecular weight excluding hydrogens is 499 g/mol. The van der Waals surface area contributed by atoms with Gasteiger partial charge in [-0.3, -0.25) is 14.1 Å². The minimum absolute atomic E-state index is 0.0142.